The second-order valence-electron chi connectivity index (χ2n) is 7.39. The topological polar surface area (TPSA) is 40.7 Å². The third-order valence-corrected chi connectivity index (χ3v) is 3.94. The quantitative estimate of drug-likeness (QED) is 0.860. The molecule has 0 aliphatic heterocycles. The number of H-pyrrole nitrogens is 1. The lowest BCUT2D eigenvalue weighted by molar-refractivity contribution is 0.0854. The fourth-order valence-electron chi connectivity index (χ4n) is 3.82. The van der Waals surface area contributed by atoms with E-state index in [-0.39, 0.29) is 0 Å². The Balaban J connectivity index is 1.82. The van der Waals surface area contributed by atoms with Gasteiger partial charge in [-0.05, 0) is 30.1 Å². The average Bonchev–Trinajstić information content (AvgIpc) is 2.65. The Kier molecular flexibility index (Phi) is 3.81. The smallest absolute Gasteiger partial charge is 0.0921 e. The Labute approximate surface area is 111 Å². The van der Waals surface area contributed by atoms with Gasteiger partial charge in [-0.2, -0.15) is 0 Å². The number of aromatic nitrogens is 2. The standard InChI is InChI=1S/C15H27N3/c1-14(2)7-13(8-15(3,4)10-14)17-6-5-12-9-16-11-18-12/h9,11,13,17H,5-8,10H2,1-4H3,(H,16,18). The van der Waals surface area contributed by atoms with E-state index in [1.165, 1.54) is 25.0 Å². The zero-order chi connectivity index (χ0) is 13.2. The van der Waals surface area contributed by atoms with Gasteiger partial charge in [0.25, 0.3) is 0 Å². The minimum Gasteiger partial charge on any atom is -0.348 e. The lowest BCUT2D eigenvalue weighted by atomic mass is 9.63. The Bertz CT molecular complexity index is 349. The van der Waals surface area contributed by atoms with Gasteiger partial charge in [-0.1, -0.05) is 27.7 Å². The predicted molar refractivity (Wildman–Crippen MR) is 75.5 cm³/mol. The van der Waals surface area contributed by atoms with Crippen LogP contribution in [0.4, 0.5) is 0 Å². The Hall–Kier alpha value is -0.830. The van der Waals surface area contributed by atoms with Gasteiger partial charge in [0.05, 0.1) is 6.33 Å². The second-order valence-corrected chi connectivity index (χ2v) is 7.39. The van der Waals surface area contributed by atoms with Crippen LogP contribution in [0.3, 0.4) is 0 Å². The largest absolute Gasteiger partial charge is 0.348 e. The second kappa shape index (κ2) is 5.04. The number of hydrogen-bond donors (Lipinski definition) is 2. The van der Waals surface area contributed by atoms with Crippen molar-refractivity contribution in [1.29, 1.82) is 0 Å². The lowest BCUT2D eigenvalue weighted by Gasteiger charge is -2.45. The first-order chi connectivity index (χ1) is 8.36. The summed E-state index contributed by atoms with van der Waals surface area (Å²) in [5.74, 6) is 0. The van der Waals surface area contributed by atoms with Crippen LogP contribution in [0.25, 0.3) is 0 Å². The van der Waals surface area contributed by atoms with Crippen LogP contribution in [0.1, 0.15) is 52.7 Å². The first-order valence-corrected chi connectivity index (χ1v) is 7.07. The molecule has 1 aliphatic rings. The maximum atomic E-state index is 4.05. The van der Waals surface area contributed by atoms with Crippen molar-refractivity contribution in [1.82, 2.24) is 15.3 Å². The van der Waals surface area contributed by atoms with Crippen molar-refractivity contribution >= 4 is 0 Å². The molecule has 3 heteroatoms. The number of rotatable bonds is 4. The van der Waals surface area contributed by atoms with Crippen LogP contribution in [0, 0.1) is 10.8 Å². The molecule has 2 rings (SSSR count). The SMILES string of the molecule is CC1(C)CC(NCCc2cnc[nH]2)CC(C)(C)C1. The van der Waals surface area contributed by atoms with Crippen molar-refractivity contribution in [2.45, 2.75) is 59.4 Å². The highest BCUT2D eigenvalue weighted by molar-refractivity contribution is 4.96. The van der Waals surface area contributed by atoms with Gasteiger partial charge < -0.3 is 10.3 Å². The molecular formula is C15H27N3. The monoisotopic (exact) mass is 249 g/mol. The van der Waals surface area contributed by atoms with Crippen molar-refractivity contribution < 1.29 is 0 Å². The van der Waals surface area contributed by atoms with Crippen LogP contribution in [0.2, 0.25) is 0 Å². The summed E-state index contributed by atoms with van der Waals surface area (Å²) in [6.07, 6.45) is 8.62. The minimum atomic E-state index is 0.466. The van der Waals surface area contributed by atoms with Gasteiger partial charge in [0.2, 0.25) is 0 Å². The van der Waals surface area contributed by atoms with Gasteiger partial charge in [-0.3, -0.25) is 0 Å². The van der Waals surface area contributed by atoms with Gasteiger partial charge in [-0.15, -0.1) is 0 Å². The van der Waals surface area contributed by atoms with Crippen LogP contribution >= 0.6 is 0 Å². The summed E-state index contributed by atoms with van der Waals surface area (Å²) >= 11 is 0. The molecule has 102 valence electrons. The molecule has 0 radical (unpaired) electrons. The zero-order valence-corrected chi connectivity index (χ0v) is 12.2. The van der Waals surface area contributed by atoms with Crippen molar-refractivity contribution in [3.8, 4) is 0 Å². The van der Waals surface area contributed by atoms with E-state index in [9.17, 15) is 0 Å². The zero-order valence-electron chi connectivity index (χ0n) is 12.2. The van der Waals surface area contributed by atoms with Gasteiger partial charge >= 0.3 is 0 Å². The van der Waals surface area contributed by atoms with E-state index in [0.717, 1.165) is 13.0 Å². The number of nitrogens with one attached hydrogen (secondary N) is 2. The van der Waals surface area contributed by atoms with Crippen LogP contribution in [-0.4, -0.2) is 22.6 Å². The summed E-state index contributed by atoms with van der Waals surface area (Å²) in [6, 6.07) is 0.659. The predicted octanol–water partition coefficient (Wildman–Crippen LogP) is 3.15. The molecule has 2 N–H and O–H groups in total. The molecule has 1 saturated carbocycles. The summed E-state index contributed by atoms with van der Waals surface area (Å²) in [5.41, 5.74) is 2.15. The Morgan fingerprint density at radius 3 is 2.50 bits per heavy atom. The molecule has 18 heavy (non-hydrogen) atoms. The first kappa shape index (κ1) is 13.6. The van der Waals surface area contributed by atoms with Gasteiger partial charge in [0, 0.05) is 30.9 Å². The molecule has 1 heterocycles. The molecule has 0 amide bonds. The van der Waals surface area contributed by atoms with Crippen LogP contribution in [-0.2, 0) is 6.42 Å². The fourth-order valence-corrected chi connectivity index (χ4v) is 3.82. The van der Waals surface area contributed by atoms with Crippen molar-refractivity contribution in [3.63, 3.8) is 0 Å². The molecule has 0 bridgehead atoms. The van der Waals surface area contributed by atoms with E-state index in [2.05, 4.69) is 43.0 Å². The van der Waals surface area contributed by atoms with Crippen LogP contribution in [0.15, 0.2) is 12.5 Å². The third kappa shape index (κ3) is 3.84. The minimum absolute atomic E-state index is 0.466. The summed E-state index contributed by atoms with van der Waals surface area (Å²) in [7, 11) is 0. The van der Waals surface area contributed by atoms with E-state index in [1.54, 1.807) is 6.33 Å². The van der Waals surface area contributed by atoms with Crippen LogP contribution in [0.5, 0.6) is 0 Å². The van der Waals surface area contributed by atoms with E-state index in [0.29, 0.717) is 16.9 Å². The maximum Gasteiger partial charge on any atom is 0.0921 e. The van der Waals surface area contributed by atoms with Gasteiger partial charge in [0.1, 0.15) is 0 Å². The number of imidazole rings is 1. The third-order valence-electron chi connectivity index (χ3n) is 3.94. The summed E-state index contributed by atoms with van der Waals surface area (Å²) in [6.45, 7) is 10.6. The van der Waals surface area contributed by atoms with Crippen molar-refractivity contribution in [2.24, 2.45) is 10.8 Å². The molecule has 0 saturated heterocycles. The highest BCUT2D eigenvalue weighted by atomic mass is 14.9. The molecule has 0 spiro atoms. The molecular weight excluding hydrogens is 222 g/mol. The molecule has 1 fully saturated rings. The summed E-state index contributed by atoms with van der Waals surface area (Å²) in [5, 5.41) is 3.72. The van der Waals surface area contributed by atoms with Crippen LogP contribution < -0.4 is 5.32 Å². The van der Waals surface area contributed by atoms with Crippen molar-refractivity contribution in [2.75, 3.05) is 6.54 Å². The maximum absolute atomic E-state index is 4.05. The number of aromatic amines is 1. The van der Waals surface area contributed by atoms with E-state index < -0.39 is 0 Å². The Morgan fingerprint density at radius 2 is 1.94 bits per heavy atom. The normalized spacial score (nSPS) is 23.1. The molecule has 1 aromatic rings. The summed E-state index contributed by atoms with van der Waals surface area (Å²) < 4.78 is 0. The lowest BCUT2D eigenvalue weighted by Crippen LogP contribution is -2.44. The van der Waals surface area contributed by atoms with E-state index in [1.807, 2.05) is 6.20 Å². The van der Waals surface area contributed by atoms with E-state index in [4.69, 9.17) is 0 Å². The molecule has 3 nitrogen and oxygen atoms in total. The molecule has 0 atom stereocenters. The molecule has 0 aromatic carbocycles. The van der Waals surface area contributed by atoms with Crippen molar-refractivity contribution in [3.05, 3.63) is 18.2 Å². The van der Waals surface area contributed by atoms with Gasteiger partial charge in [0.15, 0.2) is 0 Å². The fraction of sp³-hybridized carbons (Fsp3) is 0.800. The number of nitrogens with zero attached hydrogens (tertiary/aromatic N) is 1. The molecule has 1 aromatic heterocycles. The highest BCUT2D eigenvalue weighted by Gasteiger charge is 2.37. The van der Waals surface area contributed by atoms with E-state index >= 15 is 0 Å². The van der Waals surface area contributed by atoms with Gasteiger partial charge in [-0.25, -0.2) is 4.98 Å². The molecule has 0 unspecified atom stereocenters. The average molecular weight is 249 g/mol. The number of hydrogen-bond acceptors (Lipinski definition) is 2. The first-order valence-electron chi connectivity index (χ1n) is 7.07. The Morgan fingerprint density at radius 1 is 1.28 bits per heavy atom. The highest BCUT2D eigenvalue weighted by Crippen LogP contribution is 2.45. The molecule has 1 aliphatic carbocycles. The summed E-state index contributed by atoms with van der Waals surface area (Å²) in [4.78, 5) is 7.21.